The molecule has 2 aromatic heterocycles. The maximum Gasteiger partial charge on any atom is 0.356 e. The first-order chi connectivity index (χ1) is 15.4. The molecule has 0 saturated carbocycles. The van der Waals surface area contributed by atoms with Crippen LogP contribution >= 0.6 is 0 Å². The van der Waals surface area contributed by atoms with Crippen LogP contribution in [0.25, 0.3) is 11.0 Å². The van der Waals surface area contributed by atoms with Gasteiger partial charge >= 0.3 is 5.97 Å². The third-order valence-electron chi connectivity index (χ3n) is 5.97. The Morgan fingerprint density at radius 3 is 2.81 bits per heavy atom. The van der Waals surface area contributed by atoms with Crippen LogP contribution < -0.4 is 10.6 Å². The van der Waals surface area contributed by atoms with E-state index >= 15 is 0 Å². The van der Waals surface area contributed by atoms with Crippen molar-refractivity contribution >= 4 is 34.3 Å². The zero-order valence-electron chi connectivity index (χ0n) is 19.3. The van der Waals surface area contributed by atoms with Gasteiger partial charge < -0.3 is 29.8 Å². The van der Waals surface area contributed by atoms with Crippen molar-refractivity contribution in [3.05, 3.63) is 18.0 Å². The highest BCUT2D eigenvalue weighted by atomic mass is 16.5. The Morgan fingerprint density at radius 1 is 1.41 bits per heavy atom. The van der Waals surface area contributed by atoms with Crippen molar-refractivity contribution in [2.24, 2.45) is 5.92 Å². The van der Waals surface area contributed by atoms with Crippen LogP contribution in [0.15, 0.2) is 12.3 Å². The van der Waals surface area contributed by atoms with Gasteiger partial charge in [0, 0.05) is 30.6 Å². The Bertz CT molecular complexity index is 952. The van der Waals surface area contributed by atoms with Crippen molar-refractivity contribution in [3.8, 4) is 0 Å². The van der Waals surface area contributed by atoms with Crippen molar-refractivity contribution in [1.29, 1.82) is 0 Å². The molecule has 32 heavy (non-hydrogen) atoms. The van der Waals surface area contributed by atoms with Gasteiger partial charge in [0.05, 0.1) is 37.3 Å². The standard InChI is InChI=1S/C23H34N4O5/c1-5-14(2)22(29)26-19-18-11-16(25-15(3)8-9-28)12-24-21(18)27(20(19)23(30)31-4)13-17-7-6-10-32-17/h11-12,14-15,17,25,28H,5-10,13H2,1-4H3,(H,26,29)/t14-,15+,17-/m1/s1. The van der Waals surface area contributed by atoms with Gasteiger partial charge in [0.15, 0.2) is 5.69 Å². The van der Waals surface area contributed by atoms with Gasteiger partial charge in [0.1, 0.15) is 5.65 Å². The summed E-state index contributed by atoms with van der Waals surface area (Å²) in [6.07, 6.45) is 4.80. The lowest BCUT2D eigenvalue weighted by atomic mass is 10.1. The van der Waals surface area contributed by atoms with Crippen LogP contribution in [0.4, 0.5) is 11.4 Å². The first kappa shape index (κ1) is 24.0. The number of pyridine rings is 1. The number of methoxy groups -OCH3 is 1. The number of carbonyl (C=O) groups excluding carboxylic acids is 2. The number of hydrogen-bond acceptors (Lipinski definition) is 7. The van der Waals surface area contributed by atoms with Gasteiger partial charge in [0.2, 0.25) is 5.91 Å². The third kappa shape index (κ3) is 5.21. The highest BCUT2D eigenvalue weighted by molar-refractivity contribution is 6.11. The van der Waals surface area contributed by atoms with Gasteiger partial charge in [-0.15, -0.1) is 0 Å². The fraction of sp³-hybridized carbons (Fsp3) is 0.609. The highest BCUT2D eigenvalue weighted by Gasteiger charge is 2.29. The van der Waals surface area contributed by atoms with Crippen LogP contribution in [0, 0.1) is 5.92 Å². The summed E-state index contributed by atoms with van der Waals surface area (Å²) in [5.41, 5.74) is 1.99. The second-order valence-electron chi connectivity index (χ2n) is 8.41. The van der Waals surface area contributed by atoms with Crippen molar-refractivity contribution in [2.45, 2.75) is 65.1 Å². The van der Waals surface area contributed by atoms with Crippen LogP contribution in [0.3, 0.4) is 0 Å². The van der Waals surface area contributed by atoms with Crippen LogP contribution in [-0.2, 0) is 20.8 Å². The Kier molecular flexibility index (Phi) is 8.09. The fourth-order valence-electron chi connectivity index (χ4n) is 3.89. The molecule has 3 rings (SSSR count). The molecule has 1 aliphatic heterocycles. The summed E-state index contributed by atoms with van der Waals surface area (Å²) in [7, 11) is 1.33. The second-order valence-corrected chi connectivity index (χ2v) is 8.41. The molecule has 3 atom stereocenters. The second kappa shape index (κ2) is 10.8. The molecule has 176 valence electrons. The number of amides is 1. The van der Waals surface area contributed by atoms with Crippen LogP contribution in [0.5, 0.6) is 0 Å². The number of aliphatic hydroxyl groups is 1. The Morgan fingerprint density at radius 2 is 2.19 bits per heavy atom. The van der Waals surface area contributed by atoms with Crippen molar-refractivity contribution in [3.63, 3.8) is 0 Å². The van der Waals surface area contributed by atoms with E-state index in [2.05, 4.69) is 15.6 Å². The maximum absolute atomic E-state index is 12.9. The monoisotopic (exact) mass is 446 g/mol. The highest BCUT2D eigenvalue weighted by Crippen LogP contribution is 2.34. The van der Waals surface area contributed by atoms with Crippen molar-refractivity contribution in [1.82, 2.24) is 9.55 Å². The van der Waals surface area contributed by atoms with E-state index in [1.54, 1.807) is 10.8 Å². The van der Waals surface area contributed by atoms with Crippen LogP contribution in [0.1, 0.15) is 56.9 Å². The number of esters is 1. The topological polar surface area (TPSA) is 115 Å². The number of ether oxygens (including phenoxy) is 2. The summed E-state index contributed by atoms with van der Waals surface area (Å²) in [5, 5.41) is 16.1. The average Bonchev–Trinajstić information content (AvgIpc) is 3.39. The molecule has 1 saturated heterocycles. The van der Waals surface area contributed by atoms with Gasteiger partial charge in [0.25, 0.3) is 0 Å². The van der Waals surface area contributed by atoms with Gasteiger partial charge in [-0.2, -0.15) is 0 Å². The van der Waals surface area contributed by atoms with E-state index in [0.29, 0.717) is 42.7 Å². The number of aliphatic hydroxyl groups excluding tert-OH is 1. The molecule has 0 unspecified atom stereocenters. The van der Waals surface area contributed by atoms with E-state index in [-0.39, 0.29) is 36.3 Å². The van der Waals surface area contributed by atoms with Crippen molar-refractivity contribution < 1.29 is 24.2 Å². The van der Waals surface area contributed by atoms with E-state index in [1.807, 2.05) is 26.8 Å². The third-order valence-corrected chi connectivity index (χ3v) is 5.97. The quantitative estimate of drug-likeness (QED) is 0.480. The summed E-state index contributed by atoms with van der Waals surface area (Å²) in [6.45, 7) is 6.97. The SMILES string of the molecule is CC[C@@H](C)C(=O)Nc1c(C(=O)OC)n(C[C@H]2CCCO2)c2ncc(N[C@@H](C)CCO)cc12. The Labute approximate surface area is 188 Å². The predicted molar refractivity (Wildman–Crippen MR) is 123 cm³/mol. The molecule has 2 aromatic rings. The summed E-state index contributed by atoms with van der Waals surface area (Å²) < 4.78 is 12.7. The molecule has 0 aromatic carbocycles. The predicted octanol–water partition coefficient (Wildman–Crippen LogP) is 3.17. The van der Waals surface area contributed by atoms with E-state index in [4.69, 9.17) is 9.47 Å². The van der Waals surface area contributed by atoms with Crippen LogP contribution in [-0.4, -0.2) is 59.0 Å². The smallest absolute Gasteiger partial charge is 0.356 e. The number of nitrogens with zero attached hydrogens (tertiary/aromatic N) is 2. The molecular weight excluding hydrogens is 412 g/mol. The molecule has 0 spiro atoms. The largest absolute Gasteiger partial charge is 0.464 e. The minimum atomic E-state index is -0.538. The molecule has 1 amide bonds. The minimum Gasteiger partial charge on any atom is -0.464 e. The summed E-state index contributed by atoms with van der Waals surface area (Å²) in [4.78, 5) is 30.3. The van der Waals surface area contributed by atoms with Crippen molar-refractivity contribution in [2.75, 3.05) is 31.0 Å². The molecule has 0 bridgehead atoms. The fourth-order valence-corrected chi connectivity index (χ4v) is 3.89. The maximum atomic E-state index is 12.9. The lowest BCUT2D eigenvalue weighted by Gasteiger charge is -2.15. The van der Waals surface area contributed by atoms with Gasteiger partial charge in [-0.05, 0) is 38.7 Å². The van der Waals surface area contributed by atoms with E-state index < -0.39 is 5.97 Å². The zero-order valence-corrected chi connectivity index (χ0v) is 19.3. The Hall–Kier alpha value is -2.65. The molecule has 9 nitrogen and oxygen atoms in total. The first-order valence-corrected chi connectivity index (χ1v) is 11.3. The number of anilines is 2. The van der Waals surface area contributed by atoms with E-state index in [0.717, 1.165) is 18.5 Å². The number of aromatic nitrogens is 2. The van der Waals surface area contributed by atoms with Gasteiger partial charge in [-0.3, -0.25) is 4.79 Å². The van der Waals surface area contributed by atoms with Crippen LogP contribution in [0.2, 0.25) is 0 Å². The van der Waals surface area contributed by atoms with E-state index in [1.165, 1.54) is 7.11 Å². The Balaban J connectivity index is 2.13. The number of fused-ring (bicyclic) bond motifs is 1. The molecule has 0 radical (unpaired) electrons. The number of nitrogens with one attached hydrogen (secondary N) is 2. The molecule has 1 aliphatic rings. The molecular formula is C23H34N4O5. The lowest BCUT2D eigenvalue weighted by Crippen LogP contribution is -2.23. The molecule has 1 fully saturated rings. The van der Waals surface area contributed by atoms with Gasteiger partial charge in [-0.1, -0.05) is 13.8 Å². The number of carbonyl (C=O) groups is 2. The average molecular weight is 447 g/mol. The lowest BCUT2D eigenvalue weighted by molar-refractivity contribution is -0.119. The number of rotatable bonds is 10. The summed E-state index contributed by atoms with van der Waals surface area (Å²) in [5.74, 6) is -0.916. The van der Waals surface area contributed by atoms with Gasteiger partial charge in [-0.25, -0.2) is 9.78 Å². The molecule has 9 heteroatoms. The number of hydrogen-bond donors (Lipinski definition) is 3. The van der Waals surface area contributed by atoms with E-state index in [9.17, 15) is 14.7 Å². The molecule has 3 N–H and O–H groups in total. The molecule has 3 heterocycles. The summed E-state index contributed by atoms with van der Waals surface area (Å²) >= 11 is 0. The molecule has 0 aliphatic carbocycles. The normalized spacial score (nSPS) is 17.8. The first-order valence-electron chi connectivity index (χ1n) is 11.3. The summed E-state index contributed by atoms with van der Waals surface area (Å²) in [6, 6.07) is 1.91. The minimum absolute atomic E-state index is 0.0312. The zero-order chi connectivity index (χ0) is 23.3.